The normalized spacial score (nSPS) is 22.4. The van der Waals surface area contributed by atoms with Crippen LogP contribution in [0.25, 0.3) is 0 Å². The number of rotatable bonds is 8. The van der Waals surface area contributed by atoms with Gasteiger partial charge in [0.15, 0.2) is 6.61 Å². The molecule has 0 aromatic heterocycles. The maximum atomic E-state index is 12.7. The predicted octanol–water partition coefficient (Wildman–Crippen LogP) is 5.06. The van der Waals surface area contributed by atoms with Gasteiger partial charge in [0.05, 0.1) is 5.25 Å². The van der Waals surface area contributed by atoms with Gasteiger partial charge in [-0.05, 0) is 101 Å². The largest absolute Gasteiger partial charge is 0.489 e. The monoisotopic (exact) mass is 566 g/mol. The zero-order chi connectivity index (χ0) is 28.4. The van der Waals surface area contributed by atoms with Gasteiger partial charge in [0.25, 0.3) is 11.1 Å². The number of carbonyl (C=O) groups is 3. The van der Waals surface area contributed by atoms with E-state index in [0.717, 1.165) is 95.6 Å². The third-order valence-corrected chi connectivity index (χ3v) is 9.25. The number of piperidine rings is 1. The zero-order valence-electron chi connectivity index (χ0n) is 23.8. The first kappa shape index (κ1) is 28.3. The van der Waals surface area contributed by atoms with E-state index in [9.17, 15) is 14.4 Å². The van der Waals surface area contributed by atoms with Crippen molar-refractivity contribution in [1.82, 2.24) is 10.2 Å². The number of fused-ring (bicyclic) bond motifs is 1. The number of hydrogen-bond donors (Lipinski definition) is 1. The lowest BCUT2D eigenvalue weighted by Gasteiger charge is -2.38. The summed E-state index contributed by atoms with van der Waals surface area (Å²) in [7, 11) is 0. The highest BCUT2D eigenvalue weighted by molar-refractivity contribution is 8.15. The van der Waals surface area contributed by atoms with E-state index in [1.54, 1.807) is 0 Å². The van der Waals surface area contributed by atoms with Crippen LogP contribution in [0.4, 0.5) is 4.79 Å². The molecule has 2 unspecified atom stereocenters. The van der Waals surface area contributed by atoms with E-state index in [1.165, 1.54) is 6.42 Å². The number of nitrogens with one attached hydrogen (secondary N) is 1. The fraction of sp³-hybridized carbons (Fsp3) is 0.516. The number of carbonyl (C=O) groups excluding carboxylic acids is 3. The number of nitrogens with zero attached hydrogens (tertiary/aromatic N) is 1. The number of hydrogen-bond acceptors (Lipinski definition) is 7. The molecule has 0 radical (unpaired) electrons. The second kappa shape index (κ2) is 11.7. The second-order valence-electron chi connectivity index (χ2n) is 11.3. The SMILES string of the molecule is Cc1c(C)c2c(c(C)c1OCC(=O)N1CCCCC1)CCC(C)(COc1ccc(CC3SC(=O)NC3=O)cc1)O2. The van der Waals surface area contributed by atoms with E-state index in [0.29, 0.717) is 13.0 Å². The summed E-state index contributed by atoms with van der Waals surface area (Å²) in [6, 6.07) is 7.64. The Morgan fingerprint density at radius 1 is 1.05 bits per heavy atom. The lowest BCUT2D eigenvalue weighted by atomic mass is 9.87. The van der Waals surface area contributed by atoms with E-state index in [4.69, 9.17) is 14.2 Å². The Morgan fingerprint density at radius 3 is 2.45 bits per heavy atom. The Kier molecular flexibility index (Phi) is 8.31. The fourth-order valence-corrected chi connectivity index (χ4v) is 6.53. The average molecular weight is 567 g/mol. The highest BCUT2D eigenvalue weighted by atomic mass is 32.2. The van der Waals surface area contributed by atoms with Gasteiger partial charge in [-0.1, -0.05) is 23.9 Å². The molecule has 0 spiro atoms. The summed E-state index contributed by atoms with van der Waals surface area (Å²) >= 11 is 1.04. The van der Waals surface area contributed by atoms with Gasteiger partial charge in [0, 0.05) is 18.7 Å². The van der Waals surface area contributed by atoms with Gasteiger partial charge in [-0.2, -0.15) is 0 Å². The van der Waals surface area contributed by atoms with Crippen molar-refractivity contribution in [2.75, 3.05) is 26.3 Å². The van der Waals surface area contributed by atoms with Crippen molar-refractivity contribution in [3.63, 3.8) is 0 Å². The minimum Gasteiger partial charge on any atom is -0.489 e. The van der Waals surface area contributed by atoms with Gasteiger partial charge in [0.2, 0.25) is 5.91 Å². The summed E-state index contributed by atoms with van der Waals surface area (Å²) in [5, 5.41) is 1.66. The fourth-order valence-electron chi connectivity index (χ4n) is 5.67. The Hall–Kier alpha value is -3.20. The van der Waals surface area contributed by atoms with Gasteiger partial charge in [-0.3, -0.25) is 19.7 Å². The molecule has 3 aliphatic rings. The number of amides is 3. The molecule has 2 saturated heterocycles. The molecule has 9 heteroatoms. The van der Waals surface area contributed by atoms with Crippen molar-refractivity contribution in [2.45, 2.75) is 77.1 Å². The molecule has 2 aromatic rings. The number of likely N-dealkylation sites (tertiary alicyclic amines) is 1. The van der Waals surface area contributed by atoms with Crippen molar-refractivity contribution < 1.29 is 28.6 Å². The van der Waals surface area contributed by atoms with E-state index in [2.05, 4.69) is 26.1 Å². The van der Waals surface area contributed by atoms with Crippen LogP contribution in [0.2, 0.25) is 0 Å². The van der Waals surface area contributed by atoms with Gasteiger partial charge < -0.3 is 19.1 Å². The Labute approximate surface area is 240 Å². The van der Waals surface area contributed by atoms with Crippen LogP contribution >= 0.6 is 11.8 Å². The van der Waals surface area contributed by atoms with Crippen molar-refractivity contribution in [3.05, 3.63) is 52.1 Å². The lowest BCUT2D eigenvalue weighted by Crippen LogP contribution is -2.42. The molecule has 5 rings (SSSR count). The number of benzene rings is 2. The van der Waals surface area contributed by atoms with Crippen LogP contribution < -0.4 is 19.5 Å². The van der Waals surface area contributed by atoms with Crippen LogP contribution in [0, 0.1) is 20.8 Å². The molecular weight excluding hydrogens is 528 g/mol. The van der Waals surface area contributed by atoms with Gasteiger partial charge in [0.1, 0.15) is 29.5 Å². The summed E-state index contributed by atoms with van der Waals surface area (Å²) in [5.41, 5.74) is 4.68. The van der Waals surface area contributed by atoms with Crippen LogP contribution in [0.1, 0.15) is 60.4 Å². The molecule has 2 aromatic carbocycles. The summed E-state index contributed by atoms with van der Waals surface area (Å²) in [4.78, 5) is 37.9. The molecule has 2 atom stereocenters. The van der Waals surface area contributed by atoms with E-state index in [1.807, 2.05) is 36.1 Å². The molecule has 3 amide bonds. The molecule has 8 nitrogen and oxygen atoms in total. The molecule has 0 saturated carbocycles. The van der Waals surface area contributed by atoms with Crippen LogP contribution in [-0.4, -0.2) is 59.1 Å². The molecule has 2 fully saturated rings. The minimum atomic E-state index is -0.499. The Balaban J connectivity index is 1.21. The first-order chi connectivity index (χ1) is 19.1. The van der Waals surface area contributed by atoms with Crippen molar-refractivity contribution in [3.8, 4) is 17.2 Å². The summed E-state index contributed by atoms with van der Waals surface area (Å²) in [5.74, 6) is 2.23. The topological polar surface area (TPSA) is 94.2 Å². The first-order valence-corrected chi connectivity index (χ1v) is 15.0. The smallest absolute Gasteiger partial charge is 0.286 e. The molecule has 0 aliphatic carbocycles. The average Bonchev–Trinajstić information content (AvgIpc) is 3.27. The third kappa shape index (κ3) is 6.09. The molecule has 214 valence electrons. The van der Waals surface area contributed by atoms with Crippen LogP contribution in [0.15, 0.2) is 24.3 Å². The highest BCUT2D eigenvalue weighted by Gasteiger charge is 2.36. The number of ether oxygens (including phenoxy) is 3. The quantitative estimate of drug-likeness (QED) is 0.477. The summed E-state index contributed by atoms with van der Waals surface area (Å²) in [6.45, 7) is 10.3. The van der Waals surface area contributed by atoms with Crippen molar-refractivity contribution in [1.29, 1.82) is 0 Å². The highest BCUT2D eigenvalue weighted by Crippen LogP contribution is 2.44. The number of thioether (sulfide) groups is 1. The van der Waals surface area contributed by atoms with Gasteiger partial charge >= 0.3 is 0 Å². The first-order valence-electron chi connectivity index (χ1n) is 14.1. The zero-order valence-corrected chi connectivity index (χ0v) is 24.6. The molecule has 3 aliphatic heterocycles. The molecule has 1 N–H and O–H groups in total. The summed E-state index contributed by atoms with van der Waals surface area (Å²) < 4.78 is 18.9. The molecule has 3 heterocycles. The van der Waals surface area contributed by atoms with Crippen LogP contribution in [0.5, 0.6) is 17.2 Å². The van der Waals surface area contributed by atoms with Gasteiger partial charge in [-0.15, -0.1) is 0 Å². The molecule has 0 bridgehead atoms. The van der Waals surface area contributed by atoms with E-state index in [-0.39, 0.29) is 28.9 Å². The third-order valence-electron chi connectivity index (χ3n) is 8.27. The van der Waals surface area contributed by atoms with E-state index >= 15 is 0 Å². The molecule has 40 heavy (non-hydrogen) atoms. The second-order valence-corrected chi connectivity index (χ2v) is 12.5. The maximum absolute atomic E-state index is 12.7. The maximum Gasteiger partial charge on any atom is 0.286 e. The number of imide groups is 1. The van der Waals surface area contributed by atoms with Gasteiger partial charge in [-0.25, -0.2) is 0 Å². The van der Waals surface area contributed by atoms with Crippen molar-refractivity contribution >= 4 is 28.8 Å². The van der Waals surface area contributed by atoms with Crippen LogP contribution in [-0.2, 0) is 22.4 Å². The lowest BCUT2D eigenvalue weighted by molar-refractivity contribution is -0.134. The minimum absolute atomic E-state index is 0.0564. The Morgan fingerprint density at radius 2 is 1.77 bits per heavy atom. The standard InChI is InChI=1S/C31H38N2O6S/c1-19-20(2)28-24(21(3)27(19)37-17-26(34)33-14-6-5-7-15-33)12-13-31(4,39-28)18-38-23-10-8-22(9-11-23)16-25-29(35)32-30(36)40-25/h8-11,25H,5-7,12-18H2,1-4H3,(H,32,35,36). The Bertz CT molecular complexity index is 1300. The molecular formula is C31H38N2O6S. The van der Waals surface area contributed by atoms with Crippen molar-refractivity contribution in [2.24, 2.45) is 0 Å². The van der Waals surface area contributed by atoms with Crippen LogP contribution in [0.3, 0.4) is 0 Å². The predicted molar refractivity (Wildman–Crippen MR) is 154 cm³/mol. The van der Waals surface area contributed by atoms with E-state index < -0.39 is 5.60 Å². The summed E-state index contributed by atoms with van der Waals surface area (Å²) in [6.07, 6.45) is 5.43.